The number of benzene rings is 1. The van der Waals surface area contributed by atoms with Gasteiger partial charge >= 0.3 is 5.69 Å². The number of hydrogen-bond acceptors (Lipinski definition) is 5. The number of morpholine rings is 1. The van der Waals surface area contributed by atoms with Gasteiger partial charge in [0.05, 0.1) is 24.1 Å². The van der Waals surface area contributed by atoms with Crippen LogP contribution in [0.2, 0.25) is 0 Å². The highest BCUT2D eigenvalue weighted by molar-refractivity contribution is 5.78. The second kappa shape index (κ2) is 8.29. The van der Waals surface area contributed by atoms with E-state index in [9.17, 15) is 14.4 Å². The standard InChI is InChI=1S/C18H24N4O4/c1-13(12-21-8-10-26-11-9-21)19-16(23)6-7-22-15-5-3-2-4-14(15)17(24)20-18(22)25/h2-5,13H,6-12H2,1H3,(H,19,23)(H,20,24,25). The quantitative estimate of drug-likeness (QED) is 0.751. The number of ether oxygens (including phenoxy) is 1. The number of hydrogen-bond donors (Lipinski definition) is 2. The average Bonchev–Trinajstić information content (AvgIpc) is 2.62. The minimum absolute atomic E-state index is 0.0182. The molecule has 2 N–H and O–H groups in total. The fourth-order valence-electron chi connectivity index (χ4n) is 3.24. The van der Waals surface area contributed by atoms with Gasteiger partial charge in [-0.3, -0.25) is 24.0 Å². The predicted molar refractivity (Wildman–Crippen MR) is 98.3 cm³/mol. The summed E-state index contributed by atoms with van der Waals surface area (Å²) in [5.74, 6) is -0.118. The lowest BCUT2D eigenvalue weighted by Gasteiger charge is -2.29. The molecule has 26 heavy (non-hydrogen) atoms. The Morgan fingerprint density at radius 3 is 2.77 bits per heavy atom. The number of nitrogens with one attached hydrogen (secondary N) is 2. The molecule has 1 aliphatic rings. The van der Waals surface area contributed by atoms with Crippen LogP contribution in [0.5, 0.6) is 0 Å². The Balaban J connectivity index is 1.60. The lowest BCUT2D eigenvalue weighted by Crippen LogP contribution is -2.46. The van der Waals surface area contributed by atoms with Crippen LogP contribution >= 0.6 is 0 Å². The van der Waals surface area contributed by atoms with E-state index in [4.69, 9.17) is 4.74 Å². The van der Waals surface area contributed by atoms with Gasteiger partial charge in [0.25, 0.3) is 5.56 Å². The highest BCUT2D eigenvalue weighted by atomic mass is 16.5. The van der Waals surface area contributed by atoms with Crippen LogP contribution in [-0.4, -0.2) is 59.2 Å². The number of fused-ring (bicyclic) bond motifs is 1. The Bertz CT molecular complexity index is 883. The van der Waals surface area contributed by atoms with Gasteiger partial charge in [-0.25, -0.2) is 4.79 Å². The molecule has 0 saturated carbocycles. The van der Waals surface area contributed by atoms with E-state index < -0.39 is 11.2 Å². The summed E-state index contributed by atoms with van der Waals surface area (Å²) in [6.45, 7) is 6.15. The molecule has 0 spiro atoms. The first-order valence-electron chi connectivity index (χ1n) is 8.86. The van der Waals surface area contributed by atoms with Crippen molar-refractivity contribution in [2.75, 3.05) is 32.8 Å². The lowest BCUT2D eigenvalue weighted by atomic mass is 10.2. The summed E-state index contributed by atoms with van der Waals surface area (Å²) in [5, 5.41) is 3.41. The van der Waals surface area contributed by atoms with Crippen LogP contribution in [0.3, 0.4) is 0 Å². The van der Waals surface area contributed by atoms with Gasteiger partial charge in [0, 0.05) is 38.6 Å². The van der Waals surface area contributed by atoms with E-state index in [1.807, 2.05) is 6.92 Å². The molecule has 0 radical (unpaired) electrons. The molecule has 8 heteroatoms. The molecule has 2 aromatic rings. The monoisotopic (exact) mass is 360 g/mol. The maximum Gasteiger partial charge on any atom is 0.328 e. The fourth-order valence-corrected chi connectivity index (χ4v) is 3.24. The third kappa shape index (κ3) is 4.39. The molecule has 1 unspecified atom stereocenters. The lowest BCUT2D eigenvalue weighted by molar-refractivity contribution is -0.122. The molecule has 1 atom stereocenters. The molecule has 1 aromatic heterocycles. The molecule has 1 amide bonds. The van der Waals surface area contributed by atoms with Gasteiger partial charge in [0.1, 0.15) is 0 Å². The van der Waals surface area contributed by atoms with E-state index in [1.54, 1.807) is 24.3 Å². The number of nitrogens with zero attached hydrogens (tertiary/aromatic N) is 2. The zero-order valence-corrected chi connectivity index (χ0v) is 14.9. The smallest absolute Gasteiger partial charge is 0.328 e. The SMILES string of the molecule is CC(CN1CCOCC1)NC(=O)CCn1c(=O)[nH]c(=O)c2ccccc21. The fraction of sp³-hybridized carbons (Fsp3) is 0.500. The van der Waals surface area contributed by atoms with Crippen molar-refractivity contribution in [3.63, 3.8) is 0 Å². The summed E-state index contributed by atoms with van der Waals surface area (Å²) in [7, 11) is 0. The minimum atomic E-state index is -0.497. The first kappa shape index (κ1) is 18.3. The Morgan fingerprint density at radius 2 is 2.00 bits per heavy atom. The summed E-state index contributed by atoms with van der Waals surface area (Å²) in [6, 6.07) is 6.90. The number of carbonyl (C=O) groups excluding carboxylic acids is 1. The molecular weight excluding hydrogens is 336 g/mol. The van der Waals surface area contributed by atoms with Crippen molar-refractivity contribution >= 4 is 16.8 Å². The summed E-state index contributed by atoms with van der Waals surface area (Å²) in [4.78, 5) is 40.8. The summed E-state index contributed by atoms with van der Waals surface area (Å²) in [5.41, 5.74) is -0.372. The van der Waals surface area contributed by atoms with Crippen molar-refractivity contribution < 1.29 is 9.53 Å². The summed E-state index contributed by atoms with van der Waals surface area (Å²) >= 11 is 0. The van der Waals surface area contributed by atoms with Crippen LogP contribution in [0.25, 0.3) is 10.9 Å². The molecular formula is C18H24N4O4. The number of H-pyrrole nitrogens is 1. The van der Waals surface area contributed by atoms with Crippen LogP contribution < -0.4 is 16.6 Å². The Morgan fingerprint density at radius 1 is 1.27 bits per heavy atom. The van der Waals surface area contributed by atoms with Crippen LogP contribution in [0.4, 0.5) is 0 Å². The van der Waals surface area contributed by atoms with E-state index in [2.05, 4.69) is 15.2 Å². The van der Waals surface area contributed by atoms with E-state index in [1.165, 1.54) is 4.57 Å². The van der Waals surface area contributed by atoms with Crippen LogP contribution in [0, 0.1) is 0 Å². The maximum absolute atomic E-state index is 12.2. The van der Waals surface area contributed by atoms with Crippen molar-refractivity contribution in [2.24, 2.45) is 0 Å². The van der Waals surface area contributed by atoms with Crippen molar-refractivity contribution in [1.29, 1.82) is 0 Å². The molecule has 140 valence electrons. The third-order valence-electron chi connectivity index (χ3n) is 4.51. The molecule has 1 aromatic carbocycles. The average molecular weight is 360 g/mol. The second-order valence-corrected chi connectivity index (χ2v) is 6.56. The van der Waals surface area contributed by atoms with Gasteiger partial charge < -0.3 is 10.1 Å². The van der Waals surface area contributed by atoms with Crippen LogP contribution in [-0.2, 0) is 16.1 Å². The highest BCUT2D eigenvalue weighted by Gasteiger charge is 2.15. The van der Waals surface area contributed by atoms with Gasteiger partial charge in [-0.2, -0.15) is 0 Å². The molecule has 1 fully saturated rings. The number of aryl methyl sites for hydroxylation is 1. The molecule has 0 aliphatic carbocycles. The topological polar surface area (TPSA) is 96.4 Å². The van der Waals surface area contributed by atoms with Gasteiger partial charge in [-0.1, -0.05) is 12.1 Å². The largest absolute Gasteiger partial charge is 0.379 e. The normalized spacial score (nSPS) is 16.5. The molecule has 2 heterocycles. The molecule has 8 nitrogen and oxygen atoms in total. The zero-order chi connectivity index (χ0) is 18.5. The molecule has 1 aliphatic heterocycles. The van der Waals surface area contributed by atoms with Crippen LogP contribution in [0.15, 0.2) is 33.9 Å². The second-order valence-electron chi connectivity index (χ2n) is 6.56. The number of para-hydroxylation sites is 1. The predicted octanol–water partition coefficient (Wildman–Crippen LogP) is -0.0832. The Labute approximate surface area is 150 Å². The van der Waals surface area contributed by atoms with Crippen molar-refractivity contribution in [2.45, 2.75) is 25.9 Å². The number of aromatic amines is 1. The highest BCUT2D eigenvalue weighted by Crippen LogP contribution is 2.07. The number of carbonyl (C=O) groups is 1. The number of amides is 1. The summed E-state index contributed by atoms with van der Waals surface area (Å²) in [6.07, 6.45) is 0.170. The maximum atomic E-state index is 12.2. The molecule has 1 saturated heterocycles. The van der Waals surface area contributed by atoms with E-state index >= 15 is 0 Å². The van der Waals surface area contributed by atoms with E-state index in [0.29, 0.717) is 10.9 Å². The van der Waals surface area contributed by atoms with Gasteiger partial charge in [-0.05, 0) is 19.1 Å². The first-order chi connectivity index (χ1) is 12.5. The van der Waals surface area contributed by atoms with Gasteiger partial charge in [-0.15, -0.1) is 0 Å². The van der Waals surface area contributed by atoms with Crippen molar-refractivity contribution in [3.05, 3.63) is 45.1 Å². The van der Waals surface area contributed by atoms with Crippen LogP contribution in [0.1, 0.15) is 13.3 Å². The third-order valence-corrected chi connectivity index (χ3v) is 4.51. The summed E-state index contributed by atoms with van der Waals surface area (Å²) < 4.78 is 6.75. The van der Waals surface area contributed by atoms with Gasteiger partial charge in [0.15, 0.2) is 0 Å². The first-order valence-corrected chi connectivity index (χ1v) is 8.86. The van der Waals surface area contributed by atoms with Gasteiger partial charge in [0.2, 0.25) is 5.91 Å². The minimum Gasteiger partial charge on any atom is -0.379 e. The van der Waals surface area contributed by atoms with E-state index in [0.717, 1.165) is 32.8 Å². The number of aromatic nitrogens is 2. The molecule has 0 bridgehead atoms. The van der Waals surface area contributed by atoms with Crippen molar-refractivity contribution in [3.8, 4) is 0 Å². The van der Waals surface area contributed by atoms with Crippen molar-refractivity contribution in [1.82, 2.24) is 19.8 Å². The Kier molecular flexibility index (Phi) is 5.85. The Hall–Kier alpha value is -2.45. The number of rotatable bonds is 6. The molecule has 3 rings (SSSR count). The van der Waals surface area contributed by atoms with E-state index in [-0.39, 0.29) is 24.9 Å². The zero-order valence-electron chi connectivity index (χ0n) is 14.9.